The topological polar surface area (TPSA) is 102 Å². The predicted molar refractivity (Wildman–Crippen MR) is 75.7 cm³/mol. The summed E-state index contributed by atoms with van der Waals surface area (Å²) >= 11 is 5.84. The molecule has 7 nitrogen and oxygen atoms in total. The first kappa shape index (κ1) is 16.3. The monoisotopic (exact) mass is 300 g/mol. The number of carbonyl (C=O) groups is 1. The molecule has 0 aliphatic heterocycles. The van der Waals surface area contributed by atoms with Gasteiger partial charge in [-0.1, -0.05) is 25.4 Å². The Morgan fingerprint density at radius 3 is 2.70 bits per heavy atom. The van der Waals surface area contributed by atoms with Crippen molar-refractivity contribution in [3.63, 3.8) is 0 Å². The highest BCUT2D eigenvalue weighted by Gasteiger charge is 2.25. The van der Waals surface area contributed by atoms with E-state index in [1.807, 2.05) is 13.8 Å². The third-order valence-corrected chi connectivity index (χ3v) is 3.13. The van der Waals surface area contributed by atoms with Gasteiger partial charge in [-0.2, -0.15) is 0 Å². The molecule has 0 bridgehead atoms. The molecule has 0 aromatic carbocycles. The Morgan fingerprint density at radius 1 is 1.60 bits per heavy atom. The lowest BCUT2D eigenvalue weighted by Gasteiger charge is -2.29. The van der Waals surface area contributed by atoms with Crippen molar-refractivity contribution in [1.29, 1.82) is 0 Å². The summed E-state index contributed by atoms with van der Waals surface area (Å²) in [4.78, 5) is 27.5. The van der Waals surface area contributed by atoms with Crippen molar-refractivity contribution in [3.05, 3.63) is 33.1 Å². The third-order valence-electron chi connectivity index (χ3n) is 2.83. The minimum absolute atomic E-state index is 0.0104. The molecule has 0 aliphatic carbocycles. The first-order chi connectivity index (χ1) is 9.18. The van der Waals surface area contributed by atoms with Crippen LogP contribution >= 0.6 is 11.6 Å². The van der Waals surface area contributed by atoms with Crippen LogP contribution in [0.3, 0.4) is 0 Å². The van der Waals surface area contributed by atoms with Gasteiger partial charge in [0.05, 0.1) is 10.5 Å². The summed E-state index contributed by atoms with van der Waals surface area (Å²) in [5.74, 6) is -0.423. The van der Waals surface area contributed by atoms with Crippen molar-refractivity contribution in [1.82, 2.24) is 9.88 Å². The van der Waals surface area contributed by atoms with Gasteiger partial charge in [-0.25, -0.2) is 4.98 Å². The zero-order valence-electron chi connectivity index (χ0n) is 11.6. The lowest BCUT2D eigenvalue weighted by Crippen LogP contribution is -2.39. The Bertz CT molecular complexity index is 533. The van der Waals surface area contributed by atoms with Crippen molar-refractivity contribution in [2.45, 2.75) is 13.8 Å². The summed E-state index contributed by atoms with van der Waals surface area (Å²) in [6, 6.07) is 1.13. The molecule has 1 aromatic rings. The van der Waals surface area contributed by atoms with Crippen molar-refractivity contribution in [2.75, 3.05) is 20.1 Å². The molecule has 1 rings (SSSR count). The van der Waals surface area contributed by atoms with Crippen LogP contribution in [0.2, 0.25) is 5.15 Å². The molecule has 0 aliphatic rings. The Morgan fingerprint density at radius 2 is 2.20 bits per heavy atom. The molecule has 8 heteroatoms. The fraction of sp³-hybridized carbons (Fsp3) is 0.500. The van der Waals surface area contributed by atoms with Gasteiger partial charge in [0.2, 0.25) is 0 Å². The second-order valence-electron chi connectivity index (χ2n) is 5.32. The number of nitrogens with two attached hydrogens (primary N) is 1. The summed E-state index contributed by atoms with van der Waals surface area (Å²) < 4.78 is 0. The molecule has 2 N–H and O–H groups in total. The molecule has 1 aromatic heterocycles. The molecule has 0 saturated carbocycles. The van der Waals surface area contributed by atoms with E-state index >= 15 is 0 Å². The number of carbonyl (C=O) groups excluding carboxylic acids is 1. The smallest absolute Gasteiger partial charge is 0.288 e. The summed E-state index contributed by atoms with van der Waals surface area (Å²) in [5.41, 5.74) is 5.10. The highest BCUT2D eigenvalue weighted by atomic mass is 35.5. The van der Waals surface area contributed by atoms with E-state index in [4.69, 9.17) is 17.3 Å². The minimum atomic E-state index is -0.621. The number of nitro groups is 1. The Balaban J connectivity index is 3.02. The SMILES string of the molecule is CN(CC(C)(C)CN)C(=O)c1cc([N+](=O)[O-])cnc1Cl. The number of nitrogens with zero attached hydrogens (tertiary/aromatic N) is 3. The van der Waals surface area contributed by atoms with Crippen LogP contribution < -0.4 is 5.73 Å². The van der Waals surface area contributed by atoms with Crippen molar-refractivity contribution in [3.8, 4) is 0 Å². The fourth-order valence-corrected chi connectivity index (χ4v) is 1.86. The molecule has 1 amide bonds. The van der Waals surface area contributed by atoms with E-state index in [1.165, 1.54) is 4.90 Å². The van der Waals surface area contributed by atoms with Crippen LogP contribution in [0.1, 0.15) is 24.2 Å². The van der Waals surface area contributed by atoms with Gasteiger partial charge in [0.25, 0.3) is 11.6 Å². The van der Waals surface area contributed by atoms with Gasteiger partial charge < -0.3 is 10.6 Å². The maximum atomic E-state index is 12.3. The average molecular weight is 301 g/mol. The van der Waals surface area contributed by atoms with Crippen LogP contribution in [0, 0.1) is 15.5 Å². The number of hydrogen-bond donors (Lipinski definition) is 1. The molecule has 0 fully saturated rings. The highest BCUT2D eigenvalue weighted by Crippen LogP contribution is 2.22. The van der Waals surface area contributed by atoms with Crippen molar-refractivity contribution in [2.24, 2.45) is 11.1 Å². The van der Waals surface area contributed by atoms with E-state index < -0.39 is 10.8 Å². The normalized spacial score (nSPS) is 11.2. The molecule has 0 spiro atoms. The van der Waals surface area contributed by atoms with Gasteiger partial charge in [-0.3, -0.25) is 14.9 Å². The maximum Gasteiger partial charge on any atom is 0.288 e. The fourth-order valence-electron chi connectivity index (χ4n) is 1.67. The third kappa shape index (κ3) is 3.88. The molecule has 1 heterocycles. The quantitative estimate of drug-likeness (QED) is 0.506. The number of aromatic nitrogens is 1. The predicted octanol–water partition coefficient (Wildman–Crippen LogP) is 1.70. The van der Waals surface area contributed by atoms with Crippen molar-refractivity contribution >= 4 is 23.2 Å². The molecule has 0 radical (unpaired) electrons. The van der Waals surface area contributed by atoms with Crippen LogP contribution in [-0.2, 0) is 0 Å². The first-order valence-corrected chi connectivity index (χ1v) is 6.31. The zero-order chi connectivity index (χ0) is 15.5. The van der Waals surface area contributed by atoms with Gasteiger partial charge in [0.1, 0.15) is 11.3 Å². The lowest BCUT2D eigenvalue weighted by atomic mass is 9.93. The molecule has 0 saturated heterocycles. The molecular formula is C12H17ClN4O3. The average Bonchev–Trinajstić information content (AvgIpc) is 2.37. The van der Waals surface area contributed by atoms with Gasteiger partial charge in [-0.05, 0) is 12.0 Å². The number of rotatable bonds is 5. The first-order valence-electron chi connectivity index (χ1n) is 5.93. The largest absolute Gasteiger partial charge is 0.341 e. The van der Waals surface area contributed by atoms with E-state index in [-0.39, 0.29) is 21.8 Å². The van der Waals surface area contributed by atoms with Crippen LogP contribution in [-0.4, -0.2) is 40.9 Å². The van der Waals surface area contributed by atoms with Crippen LogP contribution in [0.25, 0.3) is 0 Å². The second kappa shape index (κ2) is 6.15. The number of amides is 1. The maximum absolute atomic E-state index is 12.3. The number of hydrogen-bond acceptors (Lipinski definition) is 5. The molecule has 20 heavy (non-hydrogen) atoms. The van der Waals surface area contributed by atoms with Gasteiger partial charge in [-0.15, -0.1) is 0 Å². The van der Waals surface area contributed by atoms with E-state index in [9.17, 15) is 14.9 Å². The molecule has 0 atom stereocenters. The second-order valence-corrected chi connectivity index (χ2v) is 5.68. The number of halogens is 1. The van der Waals surface area contributed by atoms with E-state index in [0.29, 0.717) is 13.1 Å². The summed E-state index contributed by atoms with van der Waals surface area (Å²) in [5, 5.41) is 10.7. The standard InChI is InChI=1S/C12H17ClN4O3/c1-12(2,6-14)7-16(3)11(18)9-4-8(17(19)20)5-15-10(9)13/h4-5H,6-7,14H2,1-3H3. The van der Waals surface area contributed by atoms with Gasteiger partial charge >= 0.3 is 0 Å². The molecule has 110 valence electrons. The Labute approximate surface area is 121 Å². The zero-order valence-corrected chi connectivity index (χ0v) is 12.3. The summed E-state index contributed by atoms with van der Waals surface area (Å²) in [6.07, 6.45) is 1.02. The van der Waals surface area contributed by atoms with E-state index in [2.05, 4.69) is 4.98 Å². The van der Waals surface area contributed by atoms with Gasteiger partial charge in [0, 0.05) is 19.7 Å². The molecular weight excluding hydrogens is 284 g/mol. The van der Waals surface area contributed by atoms with Crippen molar-refractivity contribution < 1.29 is 9.72 Å². The molecule has 0 unspecified atom stereocenters. The highest BCUT2D eigenvalue weighted by molar-refractivity contribution is 6.32. The van der Waals surface area contributed by atoms with Crippen LogP contribution in [0.15, 0.2) is 12.3 Å². The lowest BCUT2D eigenvalue weighted by molar-refractivity contribution is -0.385. The summed E-state index contributed by atoms with van der Waals surface area (Å²) in [7, 11) is 1.59. The van der Waals surface area contributed by atoms with Gasteiger partial charge in [0.15, 0.2) is 0 Å². The van der Waals surface area contributed by atoms with Crippen LogP contribution in [0.4, 0.5) is 5.69 Å². The van der Waals surface area contributed by atoms with E-state index in [0.717, 1.165) is 12.3 Å². The number of pyridine rings is 1. The Hall–Kier alpha value is -1.73. The minimum Gasteiger partial charge on any atom is -0.341 e. The summed E-state index contributed by atoms with van der Waals surface area (Å²) in [6.45, 7) is 4.65. The Kier molecular flexibility index (Phi) is 5.02. The van der Waals surface area contributed by atoms with E-state index in [1.54, 1.807) is 7.05 Å². The van der Waals surface area contributed by atoms with Crippen LogP contribution in [0.5, 0.6) is 0 Å².